The fourth-order valence-electron chi connectivity index (χ4n) is 2.12. The van der Waals surface area contributed by atoms with Crippen LogP contribution in [0.1, 0.15) is 28.4 Å². The fourth-order valence-corrected chi connectivity index (χ4v) is 3.16. The Bertz CT molecular complexity index is 757. The summed E-state index contributed by atoms with van der Waals surface area (Å²) in [7, 11) is -3.65. The Morgan fingerprint density at radius 1 is 0.952 bits per heavy atom. The van der Waals surface area contributed by atoms with Crippen LogP contribution in [0.15, 0.2) is 47.4 Å². The number of ketones is 1. The van der Waals surface area contributed by atoms with E-state index in [2.05, 4.69) is 4.72 Å². The van der Waals surface area contributed by atoms with E-state index >= 15 is 0 Å². The molecule has 0 saturated carbocycles. The minimum Gasteiger partial charge on any atom is -0.295 e. The highest BCUT2D eigenvalue weighted by Gasteiger charge is 2.14. The molecule has 21 heavy (non-hydrogen) atoms. The van der Waals surface area contributed by atoms with Crippen molar-refractivity contribution < 1.29 is 13.2 Å². The van der Waals surface area contributed by atoms with Gasteiger partial charge in [0.05, 0.1) is 4.90 Å². The number of hydrogen-bond donors (Lipinski definition) is 1. The number of carbonyl (C=O) groups excluding carboxylic acids is 1. The Morgan fingerprint density at radius 2 is 1.48 bits per heavy atom. The Labute approximate surface area is 124 Å². The van der Waals surface area contributed by atoms with Gasteiger partial charge in [-0.25, -0.2) is 8.42 Å². The summed E-state index contributed by atoms with van der Waals surface area (Å²) in [5.41, 5.74) is 2.99. The van der Waals surface area contributed by atoms with E-state index in [4.69, 9.17) is 0 Å². The average molecular weight is 303 g/mol. The van der Waals surface area contributed by atoms with Gasteiger partial charge < -0.3 is 0 Å². The van der Waals surface area contributed by atoms with Gasteiger partial charge in [-0.2, -0.15) is 0 Å². The highest BCUT2D eigenvalue weighted by atomic mass is 32.2. The Hall–Kier alpha value is -2.14. The minimum absolute atomic E-state index is 0.0961. The second kappa shape index (κ2) is 5.69. The lowest BCUT2D eigenvalue weighted by Crippen LogP contribution is -2.13. The van der Waals surface area contributed by atoms with Crippen molar-refractivity contribution in [1.82, 2.24) is 0 Å². The van der Waals surface area contributed by atoms with Gasteiger partial charge in [-0.15, -0.1) is 0 Å². The molecule has 0 amide bonds. The molecule has 1 N–H and O–H groups in total. The summed E-state index contributed by atoms with van der Waals surface area (Å²) in [4.78, 5) is 11.3. The number of carbonyl (C=O) groups is 1. The summed E-state index contributed by atoms with van der Waals surface area (Å²) >= 11 is 0. The number of aryl methyl sites for hydroxylation is 2. The van der Waals surface area contributed by atoms with Gasteiger partial charge in [-0.05, 0) is 56.2 Å². The molecular weight excluding hydrogens is 286 g/mol. The van der Waals surface area contributed by atoms with E-state index in [1.807, 2.05) is 19.9 Å². The van der Waals surface area contributed by atoms with Crippen LogP contribution < -0.4 is 4.72 Å². The van der Waals surface area contributed by atoms with E-state index in [1.165, 1.54) is 31.2 Å². The number of rotatable bonds is 4. The highest BCUT2D eigenvalue weighted by molar-refractivity contribution is 7.92. The average Bonchev–Trinajstić information content (AvgIpc) is 2.37. The summed E-state index contributed by atoms with van der Waals surface area (Å²) in [5, 5.41) is 0. The number of sulfonamides is 1. The van der Waals surface area contributed by atoms with Gasteiger partial charge in [0.1, 0.15) is 0 Å². The molecule has 0 unspecified atom stereocenters. The summed E-state index contributed by atoms with van der Waals surface area (Å²) in [6.45, 7) is 5.26. The van der Waals surface area contributed by atoms with Gasteiger partial charge in [0.2, 0.25) is 0 Å². The van der Waals surface area contributed by atoms with Crippen LogP contribution in [-0.2, 0) is 10.0 Å². The van der Waals surface area contributed by atoms with Gasteiger partial charge in [0, 0.05) is 11.3 Å². The summed E-state index contributed by atoms with van der Waals surface area (Å²) in [6.07, 6.45) is 0. The van der Waals surface area contributed by atoms with Gasteiger partial charge in [-0.1, -0.05) is 18.2 Å². The van der Waals surface area contributed by atoms with Crippen molar-refractivity contribution in [3.63, 3.8) is 0 Å². The molecule has 4 nitrogen and oxygen atoms in total. The van der Waals surface area contributed by atoms with Crippen LogP contribution in [0.5, 0.6) is 0 Å². The molecule has 0 spiro atoms. The van der Waals surface area contributed by atoms with Crippen LogP contribution in [-0.4, -0.2) is 14.2 Å². The maximum absolute atomic E-state index is 12.3. The molecule has 0 fully saturated rings. The first kappa shape index (κ1) is 15.3. The number of anilines is 1. The van der Waals surface area contributed by atoms with Crippen LogP contribution in [0.25, 0.3) is 0 Å². The molecule has 5 heteroatoms. The first-order chi connectivity index (χ1) is 9.78. The van der Waals surface area contributed by atoms with E-state index in [0.717, 1.165) is 11.1 Å². The van der Waals surface area contributed by atoms with Crippen LogP contribution in [0, 0.1) is 13.8 Å². The molecule has 0 bridgehead atoms. The van der Waals surface area contributed by atoms with Crippen molar-refractivity contribution in [3.8, 4) is 0 Å². The lowest BCUT2D eigenvalue weighted by Gasteiger charge is -2.10. The second-order valence-corrected chi connectivity index (χ2v) is 6.74. The predicted molar refractivity (Wildman–Crippen MR) is 83.2 cm³/mol. The van der Waals surface area contributed by atoms with Crippen molar-refractivity contribution in [2.75, 3.05) is 4.72 Å². The molecule has 2 rings (SSSR count). The molecule has 0 aliphatic carbocycles. The van der Waals surface area contributed by atoms with Crippen molar-refractivity contribution >= 4 is 21.5 Å². The number of Topliss-reactive ketones (excluding diaryl/α,β-unsaturated/α-hetero) is 1. The zero-order chi connectivity index (χ0) is 15.6. The van der Waals surface area contributed by atoms with Crippen molar-refractivity contribution in [3.05, 3.63) is 59.2 Å². The van der Waals surface area contributed by atoms with Crippen molar-refractivity contribution in [2.24, 2.45) is 0 Å². The van der Waals surface area contributed by atoms with E-state index in [0.29, 0.717) is 11.3 Å². The van der Waals surface area contributed by atoms with Gasteiger partial charge in [-0.3, -0.25) is 9.52 Å². The van der Waals surface area contributed by atoms with E-state index in [1.54, 1.807) is 12.1 Å². The van der Waals surface area contributed by atoms with Crippen molar-refractivity contribution in [2.45, 2.75) is 25.7 Å². The maximum Gasteiger partial charge on any atom is 0.261 e. The lowest BCUT2D eigenvalue weighted by atomic mass is 10.1. The Morgan fingerprint density at radius 3 is 1.95 bits per heavy atom. The summed E-state index contributed by atoms with van der Waals surface area (Å²) < 4.78 is 27.2. The van der Waals surface area contributed by atoms with Crippen LogP contribution >= 0.6 is 0 Å². The second-order valence-electron chi connectivity index (χ2n) is 5.06. The zero-order valence-electron chi connectivity index (χ0n) is 12.2. The molecular formula is C16H17NO3S. The molecule has 0 aliphatic heterocycles. The molecule has 0 aromatic heterocycles. The Kier molecular flexibility index (Phi) is 4.14. The molecule has 110 valence electrons. The third-order valence-corrected chi connectivity index (χ3v) is 4.44. The fraction of sp³-hybridized carbons (Fsp3) is 0.188. The largest absolute Gasteiger partial charge is 0.295 e. The third kappa shape index (κ3) is 3.70. The lowest BCUT2D eigenvalue weighted by molar-refractivity contribution is 0.101. The molecule has 2 aromatic carbocycles. The quantitative estimate of drug-likeness (QED) is 0.881. The first-order valence-corrected chi connectivity index (χ1v) is 7.98. The van der Waals surface area contributed by atoms with Gasteiger partial charge in [0.15, 0.2) is 5.78 Å². The monoisotopic (exact) mass is 303 g/mol. The normalized spacial score (nSPS) is 11.2. The van der Waals surface area contributed by atoms with Crippen molar-refractivity contribution in [1.29, 1.82) is 0 Å². The van der Waals surface area contributed by atoms with E-state index < -0.39 is 10.0 Å². The highest BCUT2D eigenvalue weighted by Crippen LogP contribution is 2.19. The first-order valence-electron chi connectivity index (χ1n) is 6.50. The number of benzene rings is 2. The zero-order valence-corrected chi connectivity index (χ0v) is 13.0. The Balaban J connectivity index is 2.31. The predicted octanol–water partition coefficient (Wildman–Crippen LogP) is 3.31. The SMILES string of the molecule is CC(=O)c1ccc(S(=O)(=O)Nc2cc(C)cc(C)c2)cc1. The third-order valence-electron chi connectivity index (χ3n) is 3.05. The van der Waals surface area contributed by atoms with Crippen LogP contribution in [0.2, 0.25) is 0 Å². The molecule has 0 radical (unpaired) electrons. The van der Waals surface area contributed by atoms with Crippen LogP contribution in [0.3, 0.4) is 0 Å². The topological polar surface area (TPSA) is 63.2 Å². The molecule has 2 aromatic rings. The number of nitrogens with one attached hydrogen (secondary N) is 1. The van der Waals surface area contributed by atoms with E-state index in [-0.39, 0.29) is 10.7 Å². The van der Waals surface area contributed by atoms with E-state index in [9.17, 15) is 13.2 Å². The van der Waals surface area contributed by atoms with Gasteiger partial charge in [0.25, 0.3) is 10.0 Å². The summed E-state index contributed by atoms with van der Waals surface area (Å²) in [5.74, 6) is -0.0961. The summed E-state index contributed by atoms with van der Waals surface area (Å²) in [6, 6.07) is 11.4. The molecule has 0 saturated heterocycles. The smallest absolute Gasteiger partial charge is 0.261 e. The molecule has 0 heterocycles. The standard InChI is InChI=1S/C16H17NO3S/c1-11-8-12(2)10-15(9-11)17-21(19,20)16-6-4-14(5-7-16)13(3)18/h4-10,17H,1-3H3. The molecule has 0 aliphatic rings. The number of hydrogen-bond acceptors (Lipinski definition) is 3. The maximum atomic E-state index is 12.3. The van der Waals surface area contributed by atoms with Crippen LogP contribution in [0.4, 0.5) is 5.69 Å². The molecule has 0 atom stereocenters. The minimum atomic E-state index is -3.65. The van der Waals surface area contributed by atoms with Gasteiger partial charge >= 0.3 is 0 Å².